The smallest absolute Gasteiger partial charge is 0.242 e. The van der Waals surface area contributed by atoms with Crippen LogP contribution in [0.1, 0.15) is 95.9 Å². The van der Waals surface area contributed by atoms with Crippen LogP contribution in [0, 0.1) is 0 Å². The van der Waals surface area contributed by atoms with Gasteiger partial charge in [0, 0.05) is 59.6 Å². The number of carbonyl (C=O) groups excluding carboxylic acids is 6. The normalized spacial score (nSPS) is 21.2. The number of hydrogen-bond acceptors (Lipinski definition) is 10. The van der Waals surface area contributed by atoms with E-state index in [0.29, 0.717) is 0 Å². The number of imide groups is 2. The molecule has 0 radical (unpaired) electrons. The molecule has 2 rings (SSSR count). The van der Waals surface area contributed by atoms with Crippen LogP contribution in [-0.4, -0.2) is 115 Å². The van der Waals surface area contributed by atoms with Gasteiger partial charge in [-0.25, -0.2) is 0 Å². The summed E-state index contributed by atoms with van der Waals surface area (Å²) in [5.41, 5.74) is -1.56. The van der Waals surface area contributed by atoms with E-state index in [4.69, 9.17) is 0 Å². The van der Waals surface area contributed by atoms with Crippen molar-refractivity contribution in [2.24, 2.45) is 0 Å². The summed E-state index contributed by atoms with van der Waals surface area (Å²) in [4.78, 5) is 80.3. The Labute approximate surface area is 283 Å². The van der Waals surface area contributed by atoms with E-state index in [-0.39, 0.29) is 84.0 Å². The van der Waals surface area contributed by atoms with E-state index in [1.165, 1.54) is 23.5 Å². The van der Waals surface area contributed by atoms with E-state index in [1.54, 1.807) is 0 Å². The van der Waals surface area contributed by atoms with Crippen LogP contribution in [0.3, 0.4) is 0 Å². The maximum atomic E-state index is 13.2. The van der Waals surface area contributed by atoms with Crippen molar-refractivity contribution in [1.29, 1.82) is 0 Å². The summed E-state index contributed by atoms with van der Waals surface area (Å²) in [5.74, 6) is -1.29. The molecule has 2 saturated heterocycles. The number of thioether (sulfide) groups is 2. The lowest BCUT2D eigenvalue weighted by molar-refractivity contribution is -0.143. The number of amides is 6. The van der Waals surface area contributed by atoms with Crippen LogP contribution in [-0.2, 0) is 28.8 Å². The molecule has 2 heterocycles. The Hall–Kier alpha value is -2.16. The average molecular weight is 685 g/mol. The average Bonchev–Trinajstić information content (AvgIpc) is 3.27. The van der Waals surface area contributed by atoms with E-state index in [9.17, 15) is 28.8 Å². The molecule has 12 nitrogen and oxygen atoms in total. The van der Waals surface area contributed by atoms with Gasteiger partial charge in [0.1, 0.15) is 0 Å². The highest BCUT2D eigenvalue weighted by Crippen LogP contribution is 2.29. The summed E-state index contributed by atoms with van der Waals surface area (Å²) in [5, 5.41) is 11.3. The summed E-state index contributed by atoms with van der Waals surface area (Å²) in [6, 6.07) is -1.15. The summed E-state index contributed by atoms with van der Waals surface area (Å²) in [7, 11) is 0. The van der Waals surface area contributed by atoms with Gasteiger partial charge in [-0.3, -0.25) is 38.6 Å². The third-order valence-corrected chi connectivity index (χ3v) is 9.32. The molecule has 0 spiro atoms. The lowest BCUT2D eigenvalue weighted by Gasteiger charge is -2.31. The number of carbonyl (C=O) groups is 6. The summed E-state index contributed by atoms with van der Waals surface area (Å²) in [6.45, 7) is 22.9. The lowest BCUT2D eigenvalue weighted by Crippen LogP contribution is -2.56. The number of nitrogens with zero attached hydrogens (tertiary/aromatic N) is 2. The third kappa shape index (κ3) is 13.2. The van der Waals surface area contributed by atoms with E-state index >= 15 is 0 Å². The second-order valence-corrected chi connectivity index (χ2v) is 18.7. The first-order valence-electron chi connectivity index (χ1n) is 15.9. The van der Waals surface area contributed by atoms with E-state index in [0.717, 1.165) is 9.80 Å². The van der Waals surface area contributed by atoms with Crippen LogP contribution in [0.25, 0.3) is 0 Å². The van der Waals surface area contributed by atoms with Crippen LogP contribution in [0.2, 0.25) is 0 Å². The molecule has 0 aromatic rings. The van der Waals surface area contributed by atoms with Gasteiger partial charge >= 0.3 is 0 Å². The summed E-state index contributed by atoms with van der Waals surface area (Å²) >= 11 is 2.51. The molecule has 0 aromatic heterocycles. The summed E-state index contributed by atoms with van der Waals surface area (Å²) in [6.07, 6.45) is -0.0163. The monoisotopic (exact) mass is 684 g/mol. The molecule has 2 aliphatic heterocycles. The molecule has 2 unspecified atom stereocenters. The molecule has 2 fully saturated rings. The van der Waals surface area contributed by atoms with Gasteiger partial charge in [-0.2, -0.15) is 0 Å². The van der Waals surface area contributed by atoms with Gasteiger partial charge < -0.3 is 21.3 Å². The number of likely N-dealkylation sites (tertiary alicyclic amines) is 2. The fourth-order valence-corrected chi connectivity index (χ4v) is 7.36. The van der Waals surface area contributed by atoms with Crippen molar-refractivity contribution in [3.63, 3.8) is 0 Å². The minimum Gasteiger partial charge on any atom is -0.350 e. The predicted molar refractivity (Wildman–Crippen MR) is 184 cm³/mol. The van der Waals surface area contributed by atoms with Gasteiger partial charge in [-0.1, -0.05) is 0 Å². The molecule has 14 heteroatoms. The predicted octanol–water partition coefficient (Wildman–Crippen LogP) is 2.05. The molecule has 4 atom stereocenters. The topological polar surface area (TPSA) is 157 Å². The number of nitrogens with one attached hydrogen (secondary N) is 4. The third-order valence-electron chi connectivity index (χ3n) is 6.72. The van der Waals surface area contributed by atoms with Gasteiger partial charge in [-0.15, -0.1) is 23.5 Å². The maximum absolute atomic E-state index is 13.2. The first-order chi connectivity index (χ1) is 20.8. The Kier molecular flexibility index (Phi) is 13.4. The molecule has 46 heavy (non-hydrogen) atoms. The van der Waals surface area contributed by atoms with Gasteiger partial charge in [0.15, 0.2) is 0 Å². The zero-order chi connectivity index (χ0) is 35.4. The van der Waals surface area contributed by atoms with Crippen molar-refractivity contribution in [2.45, 2.75) is 141 Å². The fourth-order valence-electron chi connectivity index (χ4n) is 4.99. The van der Waals surface area contributed by atoms with Crippen LogP contribution < -0.4 is 21.3 Å². The molecule has 6 amide bonds. The minimum absolute atomic E-state index is 0.00814. The molecular weight excluding hydrogens is 629 g/mol. The van der Waals surface area contributed by atoms with Crippen LogP contribution >= 0.6 is 23.5 Å². The van der Waals surface area contributed by atoms with Crippen molar-refractivity contribution in [2.75, 3.05) is 24.6 Å². The quantitative estimate of drug-likeness (QED) is 0.212. The zero-order valence-corrected chi connectivity index (χ0v) is 31.3. The molecule has 262 valence electrons. The molecule has 2 aliphatic rings. The van der Waals surface area contributed by atoms with E-state index < -0.39 is 33.7 Å². The Morgan fingerprint density at radius 3 is 1.17 bits per heavy atom. The Morgan fingerprint density at radius 1 is 0.609 bits per heavy atom. The largest absolute Gasteiger partial charge is 0.350 e. The SMILES string of the molecule is CC(C)(C)NC(=O)[C@H](CSC1CC(=O)N(CCN2C(=O)CC(SC[C@H](NC(C)(C)C)C(=O)NC(C)(C)C)C2=O)C1=O)NC(C)(C)C. The van der Waals surface area contributed by atoms with Crippen LogP contribution in [0.15, 0.2) is 0 Å². The maximum Gasteiger partial charge on any atom is 0.242 e. The fraction of sp³-hybridized carbons (Fsp3) is 0.812. The van der Waals surface area contributed by atoms with Crippen molar-refractivity contribution >= 4 is 59.0 Å². The number of hydrogen-bond donors (Lipinski definition) is 4. The lowest BCUT2D eigenvalue weighted by atomic mass is 10.1. The van der Waals surface area contributed by atoms with Crippen molar-refractivity contribution in [1.82, 2.24) is 31.1 Å². The standard InChI is InChI=1S/C32H56N6O6S2/c1-29(2,3)33-19(25(41)35-31(7,8)9)17-45-21-15-23(39)37(27(21)43)13-14-38-24(40)16-22(28(38)44)46-18-20(34-30(4,5)6)26(42)36-32(10,11)12/h19-22,33-34H,13-18H2,1-12H3,(H,35,41)(H,36,42)/t19-,20-,21?,22?/m0/s1. The first kappa shape index (κ1) is 40.0. The Bertz CT molecular complexity index is 1080. The second-order valence-electron chi connectivity index (χ2n) is 16.2. The first-order valence-corrected chi connectivity index (χ1v) is 18.0. The molecule has 0 aromatic carbocycles. The van der Waals surface area contributed by atoms with Crippen molar-refractivity contribution in [3.05, 3.63) is 0 Å². The van der Waals surface area contributed by atoms with Crippen molar-refractivity contribution < 1.29 is 28.8 Å². The molecular formula is C32H56N6O6S2. The Balaban J connectivity index is 1.99. The number of rotatable bonds is 13. The van der Waals surface area contributed by atoms with E-state index in [1.807, 2.05) is 83.1 Å². The van der Waals surface area contributed by atoms with Gasteiger partial charge in [0.25, 0.3) is 0 Å². The highest BCUT2D eigenvalue weighted by atomic mass is 32.2. The van der Waals surface area contributed by atoms with E-state index in [2.05, 4.69) is 21.3 Å². The van der Waals surface area contributed by atoms with Crippen LogP contribution in [0.5, 0.6) is 0 Å². The van der Waals surface area contributed by atoms with Gasteiger partial charge in [0.05, 0.1) is 22.6 Å². The zero-order valence-electron chi connectivity index (χ0n) is 29.7. The van der Waals surface area contributed by atoms with Crippen molar-refractivity contribution in [3.8, 4) is 0 Å². The highest BCUT2D eigenvalue weighted by molar-refractivity contribution is 8.01. The molecule has 0 saturated carbocycles. The molecule has 0 aliphatic carbocycles. The Morgan fingerprint density at radius 2 is 0.913 bits per heavy atom. The second kappa shape index (κ2) is 15.4. The van der Waals surface area contributed by atoms with Crippen LogP contribution in [0.4, 0.5) is 0 Å². The molecule has 4 N–H and O–H groups in total. The van der Waals surface area contributed by atoms with Gasteiger partial charge in [0.2, 0.25) is 35.4 Å². The minimum atomic E-state index is -0.654. The van der Waals surface area contributed by atoms with Gasteiger partial charge in [-0.05, 0) is 83.1 Å². The highest BCUT2D eigenvalue weighted by Gasteiger charge is 2.43. The molecule has 0 bridgehead atoms. The summed E-state index contributed by atoms with van der Waals surface area (Å²) < 4.78 is 0.